The summed E-state index contributed by atoms with van der Waals surface area (Å²) in [4.78, 5) is 0. The van der Waals surface area contributed by atoms with Crippen molar-refractivity contribution in [1.29, 1.82) is 5.26 Å². The van der Waals surface area contributed by atoms with E-state index in [-0.39, 0.29) is 0 Å². The van der Waals surface area contributed by atoms with Gasteiger partial charge >= 0.3 is 0 Å². The van der Waals surface area contributed by atoms with Gasteiger partial charge in [-0.05, 0) is 0 Å². The van der Waals surface area contributed by atoms with E-state index in [4.69, 9.17) is 5.26 Å². The first-order chi connectivity index (χ1) is 2.41. The van der Waals surface area contributed by atoms with Crippen molar-refractivity contribution in [1.82, 2.24) is 0 Å². The van der Waals surface area contributed by atoms with Gasteiger partial charge in [0.25, 0.3) is 0 Å². The van der Waals surface area contributed by atoms with Crippen molar-refractivity contribution in [3.63, 3.8) is 0 Å². The van der Waals surface area contributed by atoms with Gasteiger partial charge in [-0.3, -0.25) is 0 Å². The van der Waals surface area contributed by atoms with E-state index in [1.807, 2.05) is 0 Å². The molecule has 0 atom stereocenters. The van der Waals surface area contributed by atoms with Gasteiger partial charge in [0.2, 0.25) is 0 Å². The highest BCUT2D eigenvalue weighted by molar-refractivity contribution is 6.22. The summed E-state index contributed by atoms with van der Waals surface area (Å²) >= 11 is 0. The van der Waals surface area contributed by atoms with Gasteiger partial charge in [0.05, 0.1) is 10.2 Å². The van der Waals surface area contributed by atoms with E-state index in [1.165, 1.54) is 0 Å². The van der Waals surface area contributed by atoms with Crippen LogP contribution in [-0.4, -0.2) is 10.2 Å². The highest BCUT2D eigenvalue weighted by Crippen LogP contribution is 1.35. The molecule has 0 unspecified atom stereocenters. The summed E-state index contributed by atoms with van der Waals surface area (Å²) in [5.74, 6) is 2.23. The molecule has 1 nitrogen and oxygen atoms in total. The molecule has 0 bridgehead atoms. The van der Waals surface area contributed by atoms with Crippen molar-refractivity contribution in [2.45, 2.75) is 0 Å². The molecule has 0 N–H and O–H groups in total. The van der Waals surface area contributed by atoms with Crippen LogP contribution in [0.5, 0.6) is 0 Å². The summed E-state index contributed by atoms with van der Waals surface area (Å²) in [6.45, 7) is 0. The quantitative estimate of drug-likeness (QED) is 0.266. The third kappa shape index (κ3) is 3.27. The minimum absolute atomic E-state index is 0.815. The Bertz CT molecular complexity index is 100. The lowest BCUT2D eigenvalue weighted by atomic mass is 10.8. The predicted octanol–water partition coefficient (Wildman–Crippen LogP) is -1.16. The molecule has 0 saturated carbocycles. The fourth-order valence-electron chi connectivity index (χ4n) is 0.0559. The first kappa shape index (κ1) is 4.27. The average molecular weight is 81.1 g/mol. The Morgan fingerprint density at radius 1 is 1.60 bits per heavy atom. The molecule has 0 rings (SSSR count). The Kier molecular flexibility index (Phi) is 2.79. The largest absolute Gasteiger partial charge is 0.183 e. The first-order valence-electron chi connectivity index (χ1n) is 1.22. The van der Waals surface area contributed by atoms with Crippen molar-refractivity contribution in [2.24, 2.45) is 0 Å². The highest BCUT2D eigenvalue weighted by atomic mass is 28.1. The van der Waals surface area contributed by atoms with E-state index < -0.39 is 0 Å². The number of nitriles is 1. The summed E-state index contributed by atoms with van der Waals surface area (Å²) in [5, 5.41) is 7.66. The Labute approximate surface area is 34.0 Å². The van der Waals surface area contributed by atoms with E-state index in [0.29, 0.717) is 0 Å². The lowest BCUT2D eigenvalue weighted by molar-refractivity contribution is 1.55. The van der Waals surface area contributed by atoms with Crippen LogP contribution in [-0.2, 0) is 0 Å². The molecule has 0 aliphatic rings. The smallest absolute Gasteiger partial charge is 0.151 e. The first-order valence-corrected chi connectivity index (χ1v) is 2.22. The van der Waals surface area contributed by atoms with Gasteiger partial charge in [0.15, 0.2) is 6.07 Å². The highest BCUT2D eigenvalue weighted by Gasteiger charge is 1.40. The van der Waals surface area contributed by atoms with Gasteiger partial charge in [-0.25, -0.2) is 0 Å². The van der Waals surface area contributed by atoms with Gasteiger partial charge in [0.1, 0.15) is 0 Å². The molecule has 0 amide bonds. The molecule has 0 spiro atoms. The molecule has 0 fully saturated rings. The normalized spacial score (nSPS) is 3.80. The molecule has 0 aromatic heterocycles. The molecule has 0 heterocycles. The van der Waals surface area contributed by atoms with E-state index in [1.54, 1.807) is 6.07 Å². The van der Waals surface area contributed by atoms with E-state index in [9.17, 15) is 0 Å². The lowest BCUT2D eigenvalue weighted by Crippen LogP contribution is -1.45. The SMILES string of the molecule is N#CC#C[SiH3]. The van der Waals surface area contributed by atoms with E-state index in [2.05, 4.69) is 11.5 Å². The second kappa shape index (κ2) is 3.27. The standard InChI is InChI=1S/C3H3NSi/c4-2-1-3-5/h5H3. The zero-order chi connectivity index (χ0) is 4.12. The maximum absolute atomic E-state index is 7.66. The predicted molar refractivity (Wildman–Crippen MR) is 23.3 cm³/mol. The van der Waals surface area contributed by atoms with Gasteiger partial charge in [0, 0.05) is 5.92 Å². The van der Waals surface area contributed by atoms with Gasteiger partial charge < -0.3 is 0 Å². The van der Waals surface area contributed by atoms with Crippen LogP contribution in [0.4, 0.5) is 0 Å². The Morgan fingerprint density at radius 3 is 2.20 bits per heavy atom. The second-order valence-electron chi connectivity index (χ2n) is 0.487. The minimum atomic E-state index is 0.815. The molecule has 2 heteroatoms. The third-order valence-corrected chi connectivity index (χ3v) is 0.431. The maximum Gasteiger partial charge on any atom is 0.151 e. The van der Waals surface area contributed by atoms with Crippen molar-refractivity contribution in [2.75, 3.05) is 0 Å². The summed E-state index contributed by atoms with van der Waals surface area (Å²) in [6, 6.07) is 1.69. The minimum Gasteiger partial charge on any atom is -0.183 e. The van der Waals surface area contributed by atoms with E-state index >= 15 is 0 Å². The van der Waals surface area contributed by atoms with Crippen molar-refractivity contribution >= 4 is 10.2 Å². The molecule has 0 saturated heterocycles. The third-order valence-electron chi connectivity index (χ3n) is 0.181. The Hall–Kier alpha value is -0.733. The molecule has 0 aliphatic carbocycles. The zero-order valence-corrected chi connectivity index (χ0v) is 4.95. The van der Waals surface area contributed by atoms with Crippen LogP contribution in [0.25, 0.3) is 0 Å². The Balaban J connectivity index is 3.30. The van der Waals surface area contributed by atoms with Crippen molar-refractivity contribution in [3.8, 4) is 17.5 Å². The summed E-state index contributed by atoms with van der Waals surface area (Å²) in [6.07, 6.45) is 0. The summed E-state index contributed by atoms with van der Waals surface area (Å²) < 4.78 is 0. The van der Waals surface area contributed by atoms with Crippen LogP contribution in [0, 0.1) is 22.8 Å². The fraction of sp³-hybridized carbons (Fsp3) is 0. The topological polar surface area (TPSA) is 23.8 Å². The van der Waals surface area contributed by atoms with E-state index in [0.717, 1.165) is 10.2 Å². The summed E-state index contributed by atoms with van der Waals surface area (Å²) in [5.41, 5.74) is 2.55. The number of hydrogen-bond donors (Lipinski definition) is 0. The molecule has 0 aromatic rings. The van der Waals surface area contributed by atoms with Crippen LogP contribution in [0.3, 0.4) is 0 Å². The molecule has 0 aromatic carbocycles. The summed E-state index contributed by atoms with van der Waals surface area (Å²) in [7, 11) is 0.815. The number of rotatable bonds is 0. The molecular formula is C3H3NSi. The van der Waals surface area contributed by atoms with Crippen LogP contribution in [0.1, 0.15) is 0 Å². The van der Waals surface area contributed by atoms with Crippen molar-refractivity contribution in [3.05, 3.63) is 0 Å². The number of nitrogens with zero attached hydrogens (tertiary/aromatic N) is 1. The zero-order valence-electron chi connectivity index (χ0n) is 2.95. The molecule has 5 heavy (non-hydrogen) atoms. The van der Waals surface area contributed by atoms with Crippen LogP contribution in [0.2, 0.25) is 0 Å². The molecular weight excluding hydrogens is 78.1 g/mol. The molecule has 0 radical (unpaired) electrons. The number of hydrogen-bond acceptors (Lipinski definition) is 1. The van der Waals surface area contributed by atoms with Crippen LogP contribution >= 0.6 is 0 Å². The van der Waals surface area contributed by atoms with Gasteiger partial charge in [-0.15, -0.1) is 5.54 Å². The molecule has 24 valence electrons. The average Bonchev–Trinajstić information content (AvgIpc) is 1.41. The van der Waals surface area contributed by atoms with Crippen LogP contribution < -0.4 is 0 Å². The van der Waals surface area contributed by atoms with Crippen molar-refractivity contribution < 1.29 is 0 Å². The maximum atomic E-state index is 7.66. The van der Waals surface area contributed by atoms with Gasteiger partial charge in [-0.1, -0.05) is 0 Å². The monoisotopic (exact) mass is 81.0 g/mol. The Morgan fingerprint density at radius 2 is 2.20 bits per heavy atom. The van der Waals surface area contributed by atoms with Crippen LogP contribution in [0.15, 0.2) is 0 Å². The lowest BCUT2D eigenvalue weighted by Gasteiger charge is -1.38. The molecule has 0 aliphatic heterocycles. The second-order valence-corrected chi connectivity index (χ2v) is 0.987. The fourth-order valence-corrected chi connectivity index (χ4v) is 0.168. The van der Waals surface area contributed by atoms with Gasteiger partial charge in [-0.2, -0.15) is 5.26 Å².